The molecule has 3 aliphatic rings. The molecule has 452 valence electrons. The van der Waals surface area contributed by atoms with E-state index in [9.17, 15) is 33.2 Å². The molecule has 2 aromatic carbocycles. The van der Waals surface area contributed by atoms with Crippen LogP contribution in [0.4, 0.5) is 15.9 Å². The Hall–Kier alpha value is -7.05. The van der Waals surface area contributed by atoms with Crippen LogP contribution in [-0.4, -0.2) is 171 Å². The summed E-state index contributed by atoms with van der Waals surface area (Å²) in [4.78, 5) is 91.1. The molecule has 5 heterocycles. The Balaban J connectivity index is 0.771. The zero-order chi connectivity index (χ0) is 59.8. The van der Waals surface area contributed by atoms with Crippen molar-refractivity contribution >= 4 is 46.9 Å². The summed E-state index contributed by atoms with van der Waals surface area (Å²) >= 11 is 0. The Labute approximate surface area is 486 Å². The zero-order valence-corrected chi connectivity index (χ0v) is 49.4. The standard InChI is InChI=1S/C60H85FN12O10/c1-9-46(40-14-11-10-12-15-40)67-57(77)50-34-43(36-72(50)59(79)54(60(4,5)6)68-56(76)38(2)63-7)66-52(75)20-25-81-27-29-83-31-30-82-28-26-80-24-19-51(74)64-21-23-73-39(3)53-41-32-49(55(62)65-35-41)71-22-13-16-48(71)45-33-42(61)17-18-44(45)58(78)70(8)37-47(53)69-73/h10-12,14-15,17-18,32-33,35,38,43,46,48,50,54,63H,9,13,16,19-31,34,36-37H2,1-8H3,(H2,62,65)(H,64,74)(H,66,75)(H,67,77)(H,68,76)/t38-,43-,46+,48-,50-,54?/m1/s1. The average molecular weight is 1150 g/mol. The molecule has 4 aromatic rings. The van der Waals surface area contributed by atoms with Crippen molar-refractivity contribution in [3.05, 3.63) is 94.7 Å². The van der Waals surface area contributed by atoms with Crippen molar-refractivity contribution in [2.75, 3.05) is 97.2 Å². The minimum absolute atomic E-state index is 0.0592. The van der Waals surface area contributed by atoms with Crippen molar-refractivity contribution in [3.63, 3.8) is 0 Å². The fourth-order valence-electron chi connectivity index (χ4n) is 10.8. The van der Waals surface area contributed by atoms with E-state index in [2.05, 4.69) is 36.5 Å². The number of nitrogen functional groups attached to an aromatic ring is 1. The lowest BCUT2D eigenvalue weighted by Crippen LogP contribution is -2.59. The number of pyridine rings is 1. The van der Waals surface area contributed by atoms with Gasteiger partial charge in [0.2, 0.25) is 29.5 Å². The second kappa shape index (κ2) is 30.0. The molecule has 22 nitrogen and oxygen atoms in total. The number of aromatic nitrogens is 3. The van der Waals surface area contributed by atoms with Crippen LogP contribution in [0, 0.1) is 18.2 Å². The topological polar surface area (TPSA) is 266 Å². The predicted octanol–water partition coefficient (Wildman–Crippen LogP) is 4.36. The van der Waals surface area contributed by atoms with Gasteiger partial charge in [-0.2, -0.15) is 5.10 Å². The van der Waals surface area contributed by atoms with E-state index < -0.39 is 41.3 Å². The molecule has 0 spiro atoms. The molecule has 2 fully saturated rings. The maximum absolute atomic E-state index is 14.7. The monoisotopic (exact) mass is 1150 g/mol. The Morgan fingerprint density at radius 1 is 0.892 bits per heavy atom. The van der Waals surface area contributed by atoms with Gasteiger partial charge in [-0.25, -0.2) is 9.37 Å². The van der Waals surface area contributed by atoms with E-state index in [1.165, 1.54) is 17.0 Å². The van der Waals surface area contributed by atoms with Crippen molar-refractivity contribution in [3.8, 4) is 11.1 Å². The van der Waals surface area contributed by atoms with Gasteiger partial charge in [0, 0.05) is 74.1 Å². The summed E-state index contributed by atoms with van der Waals surface area (Å²) in [6, 6.07) is 12.5. The lowest BCUT2D eigenvalue weighted by Gasteiger charge is -2.36. The molecule has 6 atom stereocenters. The molecule has 0 radical (unpaired) electrons. The molecule has 7 rings (SSSR count). The Morgan fingerprint density at radius 3 is 2.20 bits per heavy atom. The number of carbonyl (C=O) groups is 6. The van der Waals surface area contributed by atoms with Crippen molar-refractivity contribution < 1.29 is 52.1 Å². The highest BCUT2D eigenvalue weighted by atomic mass is 19.1. The first-order chi connectivity index (χ1) is 39.8. The third kappa shape index (κ3) is 16.8. The van der Waals surface area contributed by atoms with Gasteiger partial charge in [0.15, 0.2) is 0 Å². The molecule has 2 aromatic heterocycles. The van der Waals surface area contributed by atoms with Crippen molar-refractivity contribution in [1.82, 2.24) is 51.1 Å². The minimum Gasteiger partial charge on any atom is -0.382 e. The molecule has 7 N–H and O–H groups in total. The summed E-state index contributed by atoms with van der Waals surface area (Å²) in [5.74, 6) is -1.84. The average Bonchev–Trinajstić information content (AvgIpc) is 4.03. The molecule has 0 saturated carbocycles. The molecule has 0 aliphatic carbocycles. The number of anilines is 2. The first-order valence-electron chi connectivity index (χ1n) is 28.9. The maximum Gasteiger partial charge on any atom is 0.254 e. The number of nitrogens with two attached hydrogens (primary N) is 1. The van der Waals surface area contributed by atoms with Gasteiger partial charge in [-0.05, 0) is 87.4 Å². The lowest BCUT2D eigenvalue weighted by atomic mass is 9.85. The number of halogens is 1. The SMILES string of the molecule is CC[C@H](NC(=O)[C@H]1C[C@@H](NC(=O)CCOCCOCCOCCOCCC(=O)NCCn2nc3c(c2C)-c2cnc(N)c(c2)N2CCC[C@@H]2c2cc(F)ccc2C(=O)N(C)C3)CN1C(=O)C(NC(=O)[C@@H](C)NC)C(C)(C)C)c1ccccc1. The van der Waals surface area contributed by atoms with Crippen LogP contribution >= 0.6 is 0 Å². The van der Waals surface area contributed by atoms with Crippen molar-refractivity contribution in [2.24, 2.45) is 5.41 Å². The molecular formula is C60H85FN12O10. The second-order valence-electron chi connectivity index (χ2n) is 22.5. The third-order valence-electron chi connectivity index (χ3n) is 15.5. The van der Waals surface area contributed by atoms with Gasteiger partial charge in [0.25, 0.3) is 5.91 Å². The van der Waals surface area contributed by atoms with Crippen LogP contribution in [-0.2, 0) is 56.0 Å². The lowest BCUT2D eigenvalue weighted by molar-refractivity contribution is -0.144. The number of ether oxygens (including phenoxy) is 4. The van der Waals surface area contributed by atoms with E-state index in [1.54, 1.807) is 38.2 Å². The van der Waals surface area contributed by atoms with Gasteiger partial charge >= 0.3 is 0 Å². The summed E-state index contributed by atoms with van der Waals surface area (Å²) in [6.07, 6.45) is 4.33. The van der Waals surface area contributed by atoms with Gasteiger partial charge in [0.1, 0.15) is 23.7 Å². The van der Waals surface area contributed by atoms with Gasteiger partial charge < -0.3 is 66.0 Å². The number of likely N-dealkylation sites (tertiary alicyclic amines) is 1. The van der Waals surface area contributed by atoms with Gasteiger partial charge in [-0.15, -0.1) is 0 Å². The highest BCUT2D eigenvalue weighted by molar-refractivity contribution is 5.96. The van der Waals surface area contributed by atoms with Crippen LogP contribution in [0.25, 0.3) is 11.1 Å². The van der Waals surface area contributed by atoms with E-state index in [-0.39, 0.29) is 100 Å². The number of likely N-dealkylation sites (N-methyl/N-ethyl adjacent to an activating group) is 1. The minimum atomic E-state index is -0.932. The van der Waals surface area contributed by atoms with Gasteiger partial charge in [-0.1, -0.05) is 58.0 Å². The second-order valence-corrected chi connectivity index (χ2v) is 22.5. The van der Waals surface area contributed by atoms with Crippen LogP contribution in [0.1, 0.15) is 118 Å². The Morgan fingerprint density at radius 2 is 1.55 bits per heavy atom. The summed E-state index contributed by atoms with van der Waals surface area (Å²) in [5.41, 5.74) is 11.6. The fraction of sp³-hybridized carbons (Fsp3) is 0.567. The summed E-state index contributed by atoms with van der Waals surface area (Å²) in [6.45, 7) is 15.0. The smallest absolute Gasteiger partial charge is 0.254 e. The first-order valence-corrected chi connectivity index (χ1v) is 28.9. The number of benzene rings is 2. The van der Waals surface area contributed by atoms with Crippen LogP contribution in [0.2, 0.25) is 0 Å². The Bertz CT molecular complexity index is 2870. The van der Waals surface area contributed by atoms with Gasteiger partial charge in [0.05, 0.1) is 95.5 Å². The Kier molecular flexibility index (Phi) is 22.9. The normalized spacial score (nSPS) is 18.0. The number of rotatable bonds is 27. The highest BCUT2D eigenvalue weighted by Crippen LogP contribution is 2.42. The van der Waals surface area contributed by atoms with Crippen molar-refractivity contribution in [2.45, 2.75) is 129 Å². The number of nitrogens with zero attached hydrogens (tertiary/aromatic N) is 6. The van der Waals surface area contributed by atoms with Crippen LogP contribution in [0.15, 0.2) is 60.8 Å². The number of fused-ring (bicyclic) bond motifs is 8. The zero-order valence-electron chi connectivity index (χ0n) is 49.4. The largest absolute Gasteiger partial charge is 0.382 e. The van der Waals surface area contributed by atoms with Gasteiger partial charge in [-0.3, -0.25) is 33.4 Å². The van der Waals surface area contributed by atoms with Crippen LogP contribution in [0.3, 0.4) is 0 Å². The molecular weight excluding hydrogens is 1070 g/mol. The number of amides is 6. The highest BCUT2D eigenvalue weighted by Gasteiger charge is 2.46. The number of hydrogen-bond acceptors (Lipinski definition) is 15. The summed E-state index contributed by atoms with van der Waals surface area (Å²) in [5, 5.41) is 19.8. The van der Waals surface area contributed by atoms with Crippen LogP contribution in [0.5, 0.6) is 0 Å². The fourth-order valence-corrected chi connectivity index (χ4v) is 10.8. The van der Waals surface area contributed by atoms with E-state index in [4.69, 9.17) is 29.8 Å². The quantitative estimate of drug-likeness (QED) is 0.0453. The first kappa shape index (κ1) is 63.5. The maximum atomic E-state index is 14.7. The molecule has 3 aliphatic heterocycles. The predicted molar refractivity (Wildman–Crippen MR) is 311 cm³/mol. The number of nitrogens with one attached hydrogen (secondary N) is 5. The molecule has 6 amide bonds. The molecule has 1 unspecified atom stereocenters. The number of carbonyl (C=O) groups excluding carboxylic acids is 6. The van der Waals surface area contributed by atoms with E-state index >= 15 is 0 Å². The third-order valence-corrected chi connectivity index (χ3v) is 15.5. The van der Waals surface area contributed by atoms with E-state index in [0.29, 0.717) is 75.1 Å². The molecule has 83 heavy (non-hydrogen) atoms. The summed E-state index contributed by atoms with van der Waals surface area (Å²) in [7, 11) is 3.37. The van der Waals surface area contributed by atoms with Crippen LogP contribution < -0.4 is 37.2 Å². The van der Waals surface area contributed by atoms with E-state index in [0.717, 1.165) is 40.9 Å². The molecule has 2 saturated heterocycles. The van der Waals surface area contributed by atoms with E-state index in [1.807, 2.05) is 75.7 Å². The summed E-state index contributed by atoms with van der Waals surface area (Å²) < 4.78 is 39.1. The van der Waals surface area contributed by atoms with Crippen molar-refractivity contribution in [1.29, 1.82) is 0 Å². The molecule has 23 heteroatoms. The molecule has 2 bridgehead atoms. The number of hydrogen-bond donors (Lipinski definition) is 6.